The number of anilines is 1. The molecule has 0 radical (unpaired) electrons. The van der Waals surface area contributed by atoms with Gasteiger partial charge in [0.15, 0.2) is 0 Å². The van der Waals surface area contributed by atoms with Gasteiger partial charge in [-0.15, -0.1) is 0 Å². The molecule has 0 bridgehead atoms. The summed E-state index contributed by atoms with van der Waals surface area (Å²) < 4.78 is 0. The third-order valence-electron chi connectivity index (χ3n) is 4.25. The van der Waals surface area contributed by atoms with Crippen molar-refractivity contribution < 1.29 is 4.79 Å². The monoisotopic (exact) mass is 409 g/mol. The van der Waals surface area contributed by atoms with E-state index in [0.29, 0.717) is 10.6 Å². The van der Waals surface area contributed by atoms with Crippen LogP contribution in [0.15, 0.2) is 107 Å². The first kappa shape index (κ1) is 19.6. The van der Waals surface area contributed by atoms with E-state index in [0.717, 1.165) is 21.8 Å². The van der Waals surface area contributed by atoms with Gasteiger partial charge >= 0.3 is 0 Å². The molecule has 4 aromatic rings. The number of carbonyl (C=O) groups is 1. The van der Waals surface area contributed by atoms with Crippen LogP contribution in [0.5, 0.6) is 0 Å². The van der Waals surface area contributed by atoms with Gasteiger partial charge in [-0.3, -0.25) is 9.78 Å². The van der Waals surface area contributed by atoms with Gasteiger partial charge in [0.2, 0.25) is 0 Å². The second-order valence-electron chi connectivity index (χ2n) is 6.44. The maximum Gasteiger partial charge on any atom is 0.258 e. The zero-order valence-electron chi connectivity index (χ0n) is 16.1. The predicted octanol–water partition coefficient (Wildman–Crippen LogP) is 6.05. The van der Waals surface area contributed by atoms with Crippen molar-refractivity contribution in [2.24, 2.45) is 0 Å². The largest absolute Gasteiger partial charge is 0.322 e. The molecule has 2 aromatic heterocycles. The summed E-state index contributed by atoms with van der Waals surface area (Å²) >= 11 is 1.47. The normalized spacial score (nSPS) is 10.8. The van der Waals surface area contributed by atoms with Crippen LogP contribution in [0.1, 0.15) is 21.6 Å². The Labute approximate surface area is 179 Å². The molecule has 4 rings (SSSR count). The fraction of sp³-hybridized carbons (Fsp3) is 0. The minimum Gasteiger partial charge on any atom is -0.322 e. The Morgan fingerprint density at radius 2 is 1.63 bits per heavy atom. The molecule has 0 atom stereocenters. The van der Waals surface area contributed by atoms with Crippen LogP contribution in [0.4, 0.5) is 5.69 Å². The van der Waals surface area contributed by atoms with Crippen LogP contribution < -0.4 is 5.32 Å². The summed E-state index contributed by atoms with van der Waals surface area (Å²) in [5.74, 6) is -0.188. The summed E-state index contributed by atoms with van der Waals surface area (Å²) in [7, 11) is 0. The summed E-state index contributed by atoms with van der Waals surface area (Å²) in [6, 6.07) is 26.9. The quantitative estimate of drug-likeness (QED) is 0.421. The lowest BCUT2D eigenvalue weighted by molar-refractivity contribution is 0.102. The Hall–Kier alpha value is -3.70. The van der Waals surface area contributed by atoms with Crippen LogP contribution in [0.3, 0.4) is 0 Å². The molecule has 30 heavy (non-hydrogen) atoms. The van der Waals surface area contributed by atoms with Gasteiger partial charge < -0.3 is 5.32 Å². The maximum atomic E-state index is 12.9. The van der Waals surface area contributed by atoms with Crippen molar-refractivity contribution in [3.8, 4) is 0 Å². The minimum absolute atomic E-state index is 0.188. The lowest BCUT2D eigenvalue weighted by Gasteiger charge is -2.09. The number of pyridine rings is 2. The molecule has 2 heterocycles. The Kier molecular flexibility index (Phi) is 6.32. The third-order valence-corrected chi connectivity index (χ3v) is 5.28. The van der Waals surface area contributed by atoms with E-state index in [1.54, 1.807) is 24.5 Å². The average Bonchev–Trinajstić information content (AvgIpc) is 2.80. The van der Waals surface area contributed by atoms with E-state index >= 15 is 0 Å². The van der Waals surface area contributed by atoms with Crippen molar-refractivity contribution in [2.75, 3.05) is 5.32 Å². The molecule has 1 N–H and O–H groups in total. The fourth-order valence-electron chi connectivity index (χ4n) is 2.82. The summed E-state index contributed by atoms with van der Waals surface area (Å²) in [5, 5.41) is 3.65. The van der Waals surface area contributed by atoms with Crippen LogP contribution in [0, 0.1) is 0 Å². The number of nitrogens with zero attached hydrogens (tertiary/aromatic N) is 2. The lowest BCUT2D eigenvalue weighted by atomic mass is 10.1. The second-order valence-corrected chi connectivity index (χ2v) is 7.50. The first-order valence-electron chi connectivity index (χ1n) is 9.46. The van der Waals surface area contributed by atoms with Crippen molar-refractivity contribution in [2.45, 2.75) is 9.92 Å². The number of hydrogen-bond donors (Lipinski definition) is 1. The first-order valence-corrected chi connectivity index (χ1v) is 10.3. The molecule has 1 amide bonds. The van der Waals surface area contributed by atoms with E-state index in [-0.39, 0.29) is 5.91 Å². The Morgan fingerprint density at radius 3 is 2.47 bits per heavy atom. The molecule has 0 saturated carbocycles. The van der Waals surface area contributed by atoms with Crippen LogP contribution in [-0.2, 0) is 0 Å². The molecule has 0 spiro atoms. The van der Waals surface area contributed by atoms with Gasteiger partial charge in [-0.05, 0) is 60.2 Å². The Bertz CT molecular complexity index is 1160. The molecule has 0 aliphatic heterocycles. The standard InChI is InChI=1S/C25H19N3OS/c29-24(23-13-7-17-27-25(23)30-22-11-2-1-3-12-22)28-21-10-6-8-19(18-21)14-15-20-9-4-5-16-26-20/h1-18H,(H,28,29)/b15-14+. The van der Waals surface area contributed by atoms with Gasteiger partial charge in [0.1, 0.15) is 5.03 Å². The zero-order valence-corrected chi connectivity index (χ0v) is 16.9. The van der Waals surface area contributed by atoms with Gasteiger partial charge in [0.05, 0.1) is 11.3 Å². The molecule has 5 heteroatoms. The van der Waals surface area contributed by atoms with Gasteiger partial charge in [-0.1, -0.05) is 54.2 Å². The maximum absolute atomic E-state index is 12.9. The lowest BCUT2D eigenvalue weighted by Crippen LogP contribution is -2.13. The van der Waals surface area contributed by atoms with E-state index in [9.17, 15) is 4.79 Å². The summed E-state index contributed by atoms with van der Waals surface area (Å²) in [4.78, 5) is 22.6. The third kappa shape index (κ3) is 5.21. The zero-order chi connectivity index (χ0) is 20.6. The highest BCUT2D eigenvalue weighted by molar-refractivity contribution is 7.99. The van der Waals surface area contributed by atoms with Gasteiger partial charge in [0.25, 0.3) is 5.91 Å². The van der Waals surface area contributed by atoms with Crippen molar-refractivity contribution in [1.29, 1.82) is 0 Å². The highest BCUT2D eigenvalue weighted by atomic mass is 32.2. The second kappa shape index (κ2) is 9.67. The number of nitrogens with one attached hydrogen (secondary N) is 1. The van der Waals surface area contributed by atoms with Crippen LogP contribution in [0.25, 0.3) is 12.2 Å². The molecule has 0 aliphatic carbocycles. The fourth-order valence-corrected chi connectivity index (χ4v) is 3.72. The van der Waals surface area contributed by atoms with E-state index in [1.807, 2.05) is 84.9 Å². The molecular weight excluding hydrogens is 390 g/mol. The number of rotatable bonds is 6. The smallest absolute Gasteiger partial charge is 0.258 e. The van der Waals surface area contributed by atoms with Gasteiger partial charge in [-0.2, -0.15) is 0 Å². The summed E-state index contributed by atoms with van der Waals surface area (Å²) in [6.07, 6.45) is 7.37. The number of benzene rings is 2. The number of aromatic nitrogens is 2. The van der Waals surface area contributed by atoms with Gasteiger partial charge in [0, 0.05) is 23.0 Å². The molecular formula is C25H19N3OS. The molecule has 4 nitrogen and oxygen atoms in total. The number of hydrogen-bond acceptors (Lipinski definition) is 4. The molecule has 146 valence electrons. The number of amides is 1. The van der Waals surface area contributed by atoms with Crippen molar-refractivity contribution >= 4 is 35.5 Å². The van der Waals surface area contributed by atoms with Crippen LogP contribution in [-0.4, -0.2) is 15.9 Å². The first-order chi connectivity index (χ1) is 14.8. The Balaban J connectivity index is 1.50. The predicted molar refractivity (Wildman–Crippen MR) is 122 cm³/mol. The molecule has 0 aliphatic rings. The summed E-state index contributed by atoms with van der Waals surface area (Å²) in [6.45, 7) is 0. The SMILES string of the molecule is O=C(Nc1cccc(/C=C/c2ccccn2)c1)c1cccnc1Sc1ccccc1. The number of carbonyl (C=O) groups excluding carboxylic acids is 1. The summed E-state index contributed by atoms with van der Waals surface area (Å²) in [5.41, 5.74) is 3.12. The highest BCUT2D eigenvalue weighted by Gasteiger charge is 2.13. The van der Waals surface area contributed by atoms with Gasteiger partial charge in [-0.25, -0.2) is 4.98 Å². The molecule has 0 unspecified atom stereocenters. The topological polar surface area (TPSA) is 54.9 Å². The van der Waals surface area contributed by atoms with E-state index in [2.05, 4.69) is 15.3 Å². The molecule has 0 saturated heterocycles. The van der Waals surface area contributed by atoms with Crippen LogP contribution >= 0.6 is 11.8 Å². The average molecular weight is 410 g/mol. The molecule has 2 aromatic carbocycles. The van der Waals surface area contributed by atoms with Crippen molar-refractivity contribution in [3.63, 3.8) is 0 Å². The van der Waals surface area contributed by atoms with E-state index < -0.39 is 0 Å². The Morgan fingerprint density at radius 1 is 0.800 bits per heavy atom. The van der Waals surface area contributed by atoms with Crippen LogP contribution in [0.2, 0.25) is 0 Å². The van der Waals surface area contributed by atoms with Crippen molar-refractivity contribution in [3.05, 3.63) is 114 Å². The molecule has 0 fully saturated rings. The van der Waals surface area contributed by atoms with Crippen molar-refractivity contribution in [1.82, 2.24) is 9.97 Å². The van der Waals surface area contributed by atoms with E-state index in [1.165, 1.54) is 11.8 Å². The highest BCUT2D eigenvalue weighted by Crippen LogP contribution is 2.28. The van der Waals surface area contributed by atoms with E-state index in [4.69, 9.17) is 0 Å². The minimum atomic E-state index is -0.188.